The van der Waals surface area contributed by atoms with Crippen LogP contribution in [0.4, 0.5) is 5.82 Å². The van der Waals surface area contributed by atoms with E-state index in [1.165, 1.54) is 12.8 Å². The summed E-state index contributed by atoms with van der Waals surface area (Å²) in [5.41, 5.74) is 6.90. The largest absolute Gasteiger partial charge is 0.366 e. The van der Waals surface area contributed by atoms with E-state index in [9.17, 15) is 0 Å². The highest BCUT2D eigenvalue weighted by atomic mass is 79.9. The van der Waals surface area contributed by atoms with Gasteiger partial charge in [0.25, 0.3) is 0 Å². The van der Waals surface area contributed by atoms with Crippen LogP contribution in [0.15, 0.2) is 16.7 Å². The standard InChI is InChI=1S/C11H16BrN3/c1-7-4-9(12)6-14-11(7)15-10(5-13)8-2-3-8/h4,6,8,10H,2-3,5,13H2,1H3,(H,14,15). The van der Waals surface area contributed by atoms with Crippen molar-refractivity contribution in [3.05, 3.63) is 22.3 Å². The first kappa shape index (κ1) is 10.9. The van der Waals surface area contributed by atoms with Gasteiger partial charge in [0, 0.05) is 23.3 Å². The van der Waals surface area contributed by atoms with E-state index < -0.39 is 0 Å². The molecule has 82 valence electrons. The molecule has 1 aromatic heterocycles. The third-order valence-corrected chi connectivity index (χ3v) is 3.25. The molecule has 0 spiro atoms. The molecule has 2 rings (SSSR count). The summed E-state index contributed by atoms with van der Waals surface area (Å²) in [6.45, 7) is 2.74. The molecule has 1 saturated carbocycles. The lowest BCUT2D eigenvalue weighted by molar-refractivity contribution is 0.642. The van der Waals surface area contributed by atoms with E-state index in [0.717, 1.165) is 21.8 Å². The van der Waals surface area contributed by atoms with E-state index in [-0.39, 0.29) is 0 Å². The molecule has 1 heterocycles. The lowest BCUT2D eigenvalue weighted by Crippen LogP contribution is -2.31. The highest BCUT2D eigenvalue weighted by molar-refractivity contribution is 9.10. The van der Waals surface area contributed by atoms with Crippen molar-refractivity contribution in [2.75, 3.05) is 11.9 Å². The van der Waals surface area contributed by atoms with Gasteiger partial charge >= 0.3 is 0 Å². The van der Waals surface area contributed by atoms with E-state index in [4.69, 9.17) is 5.73 Å². The maximum absolute atomic E-state index is 5.74. The maximum atomic E-state index is 5.74. The second-order valence-corrected chi connectivity index (χ2v) is 5.06. The number of hydrogen-bond donors (Lipinski definition) is 2. The second-order valence-electron chi connectivity index (χ2n) is 4.14. The van der Waals surface area contributed by atoms with Crippen molar-refractivity contribution in [1.82, 2.24) is 4.98 Å². The van der Waals surface area contributed by atoms with Gasteiger partial charge in [-0.25, -0.2) is 4.98 Å². The van der Waals surface area contributed by atoms with Gasteiger partial charge in [0.2, 0.25) is 0 Å². The lowest BCUT2D eigenvalue weighted by atomic mass is 10.2. The smallest absolute Gasteiger partial charge is 0.129 e. The molecule has 3 nitrogen and oxygen atoms in total. The number of nitrogens with two attached hydrogens (primary N) is 1. The van der Waals surface area contributed by atoms with E-state index in [2.05, 4.69) is 39.2 Å². The summed E-state index contributed by atoms with van der Waals surface area (Å²) in [6, 6.07) is 2.45. The Morgan fingerprint density at radius 1 is 1.67 bits per heavy atom. The van der Waals surface area contributed by atoms with Crippen molar-refractivity contribution < 1.29 is 0 Å². The first-order valence-electron chi connectivity index (χ1n) is 5.29. The molecule has 0 bridgehead atoms. The Labute approximate surface area is 98.6 Å². The number of hydrogen-bond acceptors (Lipinski definition) is 3. The second kappa shape index (κ2) is 4.49. The van der Waals surface area contributed by atoms with Crippen LogP contribution < -0.4 is 11.1 Å². The van der Waals surface area contributed by atoms with Gasteiger partial charge in [0.05, 0.1) is 0 Å². The molecule has 1 aromatic rings. The highest BCUT2D eigenvalue weighted by Gasteiger charge is 2.30. The molecule has 0 aromatic carbocycles. The summed E-state index contributed by atoms with van der Waals surface area (Å²) in [7, 11) is 0. The Balaban J connectivity index is 2.08. The first-order chi connectivity index (χ1) is 7.20. The Morgan fingerprint density at radius 2 is 2.40 bits per heavy atom. The van der Waals surface area contributed by atoms with Crippen LogP contribution in [-0.4, -0.2) is 17.6 Å². The van der Waals surface area contributed by atoms with Crippen molar-refractivity contribution in [2.24, 2.45) is 11.7 Å². The quantitative estimate of drug-likeness (QED) is 0.882. The fraction of sp³-hybridized carbons (Fsp3) is 0.545. The molecule has 1 unspecified atom stereocenters. The fourth-order valence-corrected chi connectivity index (χ4v) is 2.18. The third kappa shape index (κ3) is 2.69. The average molecular weight is 270 g/mol. The Morgan fingerprint density at radius 3 is 2.93 bits per heavy atom. The SMILES string of the molecule is Cc1cc(Br)cnc1NC(CN)C1CC1. The number of aryl methyl sites for hydroxylation is 1. The van der Waals surface area contributed by atoms with Crippen molar-refractivity contribution in [2.45, 2.75) is 25.8 Å². The summed E-state index contributed by atoms with van der Waals surface area (Å²) < 4.78 is 1.02. The van der Waals surface area contributed by atoms with Gasteiger partial charge < -0.3 is 11.1 Å². The Kier molecular flexibility index (Phi) is 3.26. The Hall–Kier alpha value is -0.610. The minimum absolute atomic E-state index is 0.386. The zero-order valence-corrected chi connectivity index (χ0v) is 10.4. The van der Waals surface area contributed by atoms with Crippen LogP contribution in [0.25, 0.3) is 0 Å². The maximum Gasteiger partial charge on any atom is 0.129 e. The fourth-order valence-electron chi connectivity index (χ4n) is 1.74. The first-order valence-corrected chi connectivity index (χ1v) is 6.08. The van der Waals surface area contributed by atoms with Crippen molar-refractivity contribution in [3.63, 3.8) is 0 Å². The van der Waals surface area contributed by atoms with Crippen LogP contribution in [0, 0.1) is 12.8 Å². The van der Waals surface area contributed by atoms with Gasteiger partial charge in [-0.05, 0) is 53.2 Å². The van der Waals surface area contributed by atoms with E-state index in [0.29, 0.717) is 12.6 Å². The molecule has 0 aliphatic heterocycles. The molecule has 15 heavy (non-hydrogen) atoms. The molecule has 1 fully saturated rings. The third-order valence-electron chi connectivity index (χ3n) is 2.81. The van der Waals surface area contributed by atoms with Gasteiger partial charge in [0.15, 0.2) is 0 Å². The minimum Gasteiger partial charge on any atom is -0.366 e. The zero-order valence-electron chi connectivity index (χ0n) is 8.83. The number of pyridine rings is 1. The molecular formula is C11H16BrN3. The molecule has 0 amide bonds. The predicted octanol–water partition coefficient (Wildman–Crippen LogP) is 2.30. The topological polar surface area (TPSA) is 50.9 Å². The highest BCUT2D eigenvalue weighted by Crippen LogP contribution is 2.34. The van der Waals surface area contributed by atoms with E-state index in [1.807, 2.05) is 6.20 Å². The van der Waals surface area contributed by atoms with Crippen LogP contribution in [0.5, 0.6) is 0 Å². The van der Waals surface area contributed by atoms with Crippen LogP contribution in [0.1, 0.15) is 18.4 Å². The van der Waals surface area contributed by atoms with E-state index in [1.54, 1.807) is 0 Å². The molecule has 0 saturated heterocycles. The number of rotatable bonds is 4. The average Bonchev–Trinajstić information content (AvgIpc) is 3.00. The molecule has 0 radical (unpaired) electrons. The number of anilines is 1. The number of halogens is 1. The van der Waals surface area contributed by atoms with Crippen molar-refractivity contribution in [1.29, 1.82) is 0 Å². The monoisotopic (exact) mass is 269 g/mol. The number of aromatic nitrogens is 1. The van der Waals surface area contributed by atoms with Crippen LogP contribution in [0.2, 0.25) is 0 Å². The van der Waals surface area contributed by atoms with Gasteiger partial charge in [-0.3, -0.25) is 0 Å². The van der Waals surface area contributed by atoms with Gasteiger partial charge in [0.1, 0.15) is 5.82 Å². The van der Waals surface area contributed by atoms with Gasteiger partial charge in [-0.15, -0.1) is 0 Å². The van der Waals surface area contributed by atoms with Crippen molar-refractivity contribution >= 4 is 21.7 Å². The minimum atomic E-state index is 0.386. The molecular weight excluding hydrogens is 254 g/mol. The molecule has 1 atom stereocenters. The van der Waals surface area contributed by atoms with Gasteiger partial charge in [-0.2, -0.15) is 0 Å². The molecule has 1 aliphatic carbocycles. The Bertz CT molecular complexity index is 350. The summed E-state index contributed by atoms with van der Waals surface area (Å²) in [6.07, 6.45) is 4.41. The summed E-state index contributed by atoms with van der Waals surface area (Å²) in [4.78, 5) is 4.36. The molecule has 1 aliphatic rings. The lowest BCUT2D eigenvalue weighted by Gasteiger charge is -2.18. The van der Waals surface area contributed by atoms with Crippen molar-refractivity contribution in [3.8, 4) is 0 Å². The van der Waals surface area contributed by atoms with Crippen LogP contribution in [0.3, 0.4) is 0 Å². The summed E-state index contributed by atoms with van der Waals surface area (Å²) >= 11 is 3.41. The van der Waals surface area contributed by atoms with Crippen LogP contribution >= 0.6 is 15.9 Å². The zero-order chi connectivity index (χ0) is 10.8. The molecule has 3 N–H and O–H groups in total. The summed E-state index contributed by atoms with van der Waals surface area (Å²) in [5, 5.41) is 3.43. The number of nitrogens with one attached hydrogen (secondary N) is 1. The van der Waals surface area contributed by atoms with Crippen LogP contribution in [-0.2, 0) is 0 Å². The summed E-state index contributed by atoms with van der Waals surface area (Å²) in [5.74, 6) is 1.71. The van der Waals surface area contributed by atoms with E-state index >= 15 is 0 Å². The predicted molar refractivity (Wildman–Crippen MR) is 65.9 cm³/mol. The number of nitrogens with zero attached hydrogens (tertiary/aromatic N) is 1. The molecule has 4 heteroatoms. The normalized spacial score (nSPS) is 17.5. The van der Waals surface area contributed by atoms with Gasteiger partial charge in [-0.1, -0.05) is 0 Å².